The molecule has 0 saturated carbocycles. The third kappa shape index (κ3) is 2.79. The van der Waals surface area contributed by atoms with E-state index < -0.39 is 12.0 Å². The molecule has 0 radical (unpaired) electrons. The van der Waals surface area contributed by atoms with Gasteiger partial charge in [0.2, 0.25) is 5.91 Å². The number of aliphatic carboxylic acids is 1. The fraction of sp³-hybridized carbons (Fsp3) is 0.308. The van der Waals surface area contributed by atoms with E-state index in [2.05, 4.69) is 5.32 Å². The highest BCUT2D eigenvalue weighted by atomic mass is 16.4. The number of anilines is 1. The number of ketones is 1. The first kappa shape index (κ1) is 13.2. The third-order valence-electron chi connectivity index (χ3n) is 3.03. The van der Waals surface area contributed by atoms with Crippen LogP contribution in [0.3, 0.4) is 0 Å². The van der Waals surface area contributed by atoms with Crippen molar-refractivity contribution in [2.45, 2.75) is 13.0 Å². The molecule has 1 aliphatic rings. The molecule has 1 fully saturated rings. The number of rotatable bonds is 3. The molecule has 1 aromatic rings. The highest BCUT2D eigenvalue weighted by Gasteiger charge is 2.30. The Balaban J connectivity index is 2.28. The molecule has 0 aromatic heterocycles. The number of nitrogens with zero attached hydrogens (tertiary/aromatic N) is 1. The number of piperazine rings is 1. The predicted octanol–water partition coefficient (Wildman–Crippen LogP) is 0.279. The number of carboxylic acids is 1. The van der Waals surface area contributed by atoms with E-state index in [0.717, 1.165) is 0 Å². The fourth-order valence-electron chi connectivity index (χ4n) is 1.96. The van der Waals surface area contributed by atoms with Crippen LogP contribution in [0, 0.1) is 0 Å². The van der Waals surface area contributed by atoms with Crippen molar-refractivity contribution >= 4 is 23.3 Å². The average molecular weight is 262 g/mol. The van der Waals surface area contributed by atoms with E-state index in [4.69, 9.17) is 5.11 Å². The summed E-state index contributed by atoms with van der Waals surface area (Å²) in [5.41, 5.74) is 1.04. The van der Waals surface area contributed by atoms with Gasteiger partial charge in [0.15, 0.2) is 5.78 Å². The zero-order chi connectivity index (χ0) is 14.0. The monoisotopic (exact) mass is 262 g/mol. The van der Waals surface area contributed by atoms with E-state index in [0.29, 0.717) is 11.3 Å². The van der Waals surface area contributed by atoms with Crippen molar-refractivity contribution in [1.82, 2.24) is 5.32 Å². The van der Waals surface area contributed by atoms with E-state index in [1.807, 2.05) is 0 Å². The van der Waals surface area contributed by atoms with Gasteiger partial charge in [0.05, 0.1) is 13.1 Å². The molecule has 0 bridgehead atoms. The Hall–Kier alpha value is -2.21. The summed E-state index contributed by atoms with van der Waals surface area (Å²) in [6, 6.07) is 5.84. The van der Waals surface area contributed by atoms with Crippen LogP contribution < -0.4 is 10.2 Å². The number of carboxylic acid groups (broad SMARTS) is 1. The Bertz CT molecular complexity index is 541. The van der Waals surface area contributed by atoms with Crippen molar-refractivity contribution in [3.63, 3.8) is 0 Å². The first-order valence-electron chi connectivity index (χ1n) is 5.86. The lowest BCUT2D eigenvalue weighted by atomic mass is 10.1. The first-order chi connectivity index (χ1) is 8.99. The molecule has 0 spiro atoms. The molecule has 1 atom stereocenters. The molecule has 1 amide bonds. The van der Waals surface area contributed by atoms with Crippen molar-refractivity contribution in [2.24, 2.45) is 0 Å². The van der Waals surface area contributed by atoms with Crippen LogP contribution in [0.4, 0.5) is 5.69 Å². The maximum atomic E-state index is 11.8. The summed E-state index contributed by atoms with van der Waals surface area (Å²) in [6.45, 7) is 1.47. The zero-order valence-electron chi connectivity index (χ0n) is 10.4. The van der Waals surface area contributed by atoms with Gasteiger partial charge in [-0.1, -0.05) is 12.1 Å². The van der Waals surface area contributed by atoms with Gasteiger partial charge in [0.1, 0.15) is 6.04 Å². The van der Waals surface area contributed by atoms with E-state index >= 15 is 0 Å². The van der Waals surface area contributed by atoms with Crippen molar-refractivity contribution in [3.8, 4) is 0 Å². The number of nitrogens with one attached hydrogen (secondary N) is 1. The topological polar surface area (TPSA) is 86.7 Å². The summed E-state index contributed by atoms with van der Waals surface area (Å²) in [5, 5.41) is 11.6. The minimum absolute atomic E-state index is 0.0265. The minimum Gasteiger partial charge on any atom is -0.480 e. The van der Waals surface area contributed by atoms with Crippen LogP contribution in [0.15, 0.2) is 24.3 Å². The lowest BCUT2D eigenvalue weighted by molar-refractivity contribution is -0.139. The number of hydrogen-bond donors (Lipinski definition) is 2. The third-order valence-corrected chi connectivity index (χ3v) is 3.03. The molecule has 6 heteroatoms. The van der Waals surface area contributed by atoms with Gasteiger partial charge in [-0.3, -0.25) is 19.7 Å². The summed E-state index contributed by atoms with van der Waals surface area (Å²) < 4.78 is 0. The molecule has 1 aromatic carbocycles. The SMILES string of the molecule is CC(=O)c1cccc(N2CC(C(=O)O)NCC2=O)c1. The van der Waals surface area contributed by atoms with E-state index in [9.17, 15) is 14.4 Å². The molecular formula is C13H14N2O4. The highest BCUT2D eigenvalue weighted by Crippen LogP contribution is 2.19. The van der Waals surface area contributed by atoms with Crippen LogP contribution in [-0.2, 0) is 9.59 Å². The van der Waals surface area contributed by atoms with Crippen LogP contribution in [0.1, 0.15) is 17.3 Å². The van der Waals surface area contributed by atoms with Gasteiger partial charge in [-0.2, -0.15) is 0 Å². The Morgan fingerprint density at radius 1 is 1.42 bits per heavy atom. The summed E-state index contributed by atoms with van der Waals surface area (Å²) in [7, 11) is 0. The van der Waals surface area contributed by atoms with Gasteiger partial charge < -0.3 is 10.0 Å². The summed E-state index contributed by atoms with van der Waals surface area (Å²) in [5.74, 6) is -1.31. The lowest BCUT2D eigenvalue weighted by Crippen LogP contribution is -2.57. The van der Waals surface area contributed by atoms with Crippen LogP contribution in [-0.4, -0.2) is 41.9 Å². The summed E-state index contributed by atoms with van der Waals surface area (Å²) in [6.07, 6.45) is 0. The van der Waals surface area contributed by atoms with Gasteiger partial charge >= 0.3 is 5.97 Å². The van der Waals surface area contributed by atoms with Crippen LogP contribution in [0.5, 0.6) is 0 Å². The second kappa shape index (κ2) is 5.19. The normalized spacial score (nSPS) is 19.3. The second-order valence-electron chi connectivity index (χ2n) is 4.38. The Labute approximate surface area is 110 Å². The van der Waals surface area contributed by atoms with Crippen LogP contribution in [0.2, 0.25) is 0 Å². The molecule has 1 aliphatic heterocycles. The molecule has 100 valence electrons. The van der Waals surface area contributed by atoms with Gasteiger partial charge in [0, 0.05) is 11.3 Å². The summed E-state index contributed by atoms with van der Waals surface area (Å²) in [4.78, 5) is 35.5. The van der Waals surface area contributed by atoms with E-state index in [1.165, 1.54) is 11.8 Å². The van der Waals surface area contributed by atoms with E-state index in [-0.39, 0.29) is 24.8 Å². The number of carbonyl (C=O) groups is 3. The first-order valence-corrected chi connectivity index (χ1v) is 5.86. The largest absolute Gasteiger partial charge is 0.480 e. The van der Waals surface area contributed by atoms with Gasteiger partial charge in [-0.15, -0.1) is 0 Å². The summed E-state index contributed by atoms with van der Waals surface area (Å²) >= 11 is 0. The van der Waals surface area contributed by atoms with Gasteiger partial charge in [-0.25, -0.2) is 0 Å². The Morgan fingerprint density at radius 3 is 2.79 bits per heavy atom. The fourth-order valence-corrected chi connectivity index (χ4v) is 1.96. The molecule has 1 heterocycles. The van der Waals surface area contributed by atoms with Crippen molar-refractivity contribution in [2.75, 3.05) is 18.0 Å². The molecule has 19 heavy (non-hydrogen) atoms. The van der Waals surface area contributed by atoms with Gasteiger partial charge in [0.25, 0.3) is 0 Å². The Morgan fingerprint density at radius 2 is 2.16 bits per heavy atom. The maximum Gasteiger partial charge on any atom is 0.322 e. The molecule has 1 saturated heterocycles. The van der Waals surface area contributed by atoms with Crippen molar-refractivity contribution in [3.05, 3.63) is 29.8 Å². The number of hydrogen-bond acceptors (Lipinski definition) is 4. The average Bonchev–Trinajstić information content (AvgIpc) is 2.39. The molecule has 2 N–H and O–H groups in total. The number of amides is 1. The maximum absolute atomic E-state index is 11.8. The second-order valence-corrected chi connectivity index (χ2v) is 4.38. The number of carbonyl (C=O) groups excluding carboxylic acids is 2. The van der Waals surface area contributed by atoms with Crippen LogP contribution in [0.25, 0.3) is 0 Å². The number of benzene rings is 1. The Kier molecular flexibility index (Phi) is 3.62. The standard InChI is InChI=1S/C13H14N2O4/c1-8(16)9-3-2-4-10(5-9)15-7-11(13(18)19)14-6-12(15)17/h2-5,11,14H,6-7H2,1H3,(H,18,19). The van der Waals surface area contributed by atoms with Crippen LogP contribution >= 0.6 is 0 Å². The molecule has 2 rings (SSSR count). The smallest absolute Gasteiger partial charge is 0.322 e. The lowest BCUT2D eigenvalue weighted by Gasteiger charge is -2.31. The quantitative estimate of drug-likeness (QED) is 0.764. The molecule has 0 aliphatic carbocycles. The number of Topliss-reactive ketones (excluding diaryl/α,β-unsaturated/α-hetero) is 1. The zero-order valence-corrected chi connectivity index (χ0v) is 10.4. The van der Waals surface area contributed by atoms with Gasteiger partial charge in [-0.05, 0) is 19.1 Å². The highest BCUT2D eigenvalue weighted by molar-refractivity contribution is 6.00. The van der Waals surface area contributed by atoms with Crippen molar-refractivity contribution in [1.29, 1.82) is 0 Å². The molecule has 6 nitrogen and oxygen atoms in total. The van der Waals surface area contributed by atoms with Crippen molar-refractivity contribution < 1.29 is 19.5 Å². The van der Waals surface area contributed by atoms with E-state index in [1.54, 1.807) is 24.3 Å². The molecular weight excluding hydrogens is 248 g/mol. The molecule has 1 unspecified atom stereocenters. The minimum atomic E-state index is -1.000. The predicted molar refractivity (Wildman–Crippen MR) is 68.2 cm³/mol.